The summed E-state index contributed by atoms with van der Waals surface area (Å²) in [5.41, 5.74) is 1.67. The van der Waals surface area contributed by atoms with Crippen LogP contribution in [-0.4, -0.2) is 21.8 Å². The van der Waals surface area contributed by atoms with Crippen LogP contribution in [0.15, 0.2) is 12.3 Å². The molecule has 0 aliphatic heterocycles. The second kappa shape index (κ2) is 5.53. The summed E-state index contributed by atoms with van der Waals surface area (Å²) in [6, 6.07) is 1.53. The molecule has 0 amide bonds. The minimum Gasteiger partial charge on any atom is -0.307 e. The molecule has 4 nitrogen and oxygen atoms in total. The summed E-state index contributed by atoms with van der Waals surface area (Å²) in [5, 5.41) is 6.52. The van der Waals surface area contributed by atoms with Crippen LogP contribution in [0.25, 0.3) is 0 Å². The topological polar surface area (TPSA) is 42.7 Å². The third-order valence-electron chi connectivity index (χ3n) is 2.87. The molecule has 0 spiro atoms. The smallest absolute Gasteiger partial charge is 0.307 e. The van der Waals surface area contributed by atoms with Gasteiger partial charge in [-0.2, -0.15) is 18.3 Å². The van der Waals surface area contributed by atoms with Crippen molar-refractivity contribution in [3.63, 3.8) is 0 Å². The van der Waals surface area contributed by atoms with Gasteiger partial charge in [0.25, 0.3) is 0 Å². The molecular weight excluding hydrogens is 289 g/mol. The van der Waals surface area contributed by atoms with Crippen LogP contribution in [0.5, 0.6) is 0 Å². The van der Waals surface area contributed by atoms with E-state index in [1.54, 1.807) is 11.7 Å². The zero-order valence-corrected chi connectivity index (χ0v) is 12.1. The van der Waals surface area contributed by atoms with Gasteiger partial charge in [0, 0.05) is 17.6 Å². The molecule has 1 N–H and O–H groups in total. The minimum atomic E-state index is -4.40. The number of nitrogens with zero attached hydrogens (tertiary/aromatic N) is 3. The van der Waals surface area contributed by atoms with Crippen molar-refractivity contribution in [2.45, 2.75) is 32.6 Å². The summed E-state index contributed by atoms with van der Waals surface area (Å²) in [7, 11) is 1.71. The summed E-state index contributed by atoms with van der Waals surface area (Å²) in [6.45, 7) is 4.46. The van der Waals surface area contributed by atoms with Crippen molar-refractivity contribution < 1.29 is 13.2 Å². The van der Waals surface area contributed by atoms with Crippen LogP contribution >= 0.6 is 11.3 Å². The van der Waals surface area contributed by atoms with E-state index in [1.807, 2.05) is 19.9 Å². The number of thiazole rings is 1. The summed E-state index contributed by atoms with van der Waals surface area (Å²) < 4.78 is 39.7. The first-order valence-electron chi connectivity index (χ1n) is 6.11. The van der Waals surface area contributed by atoms with Crippen molar-refractivity contribution in [3.8, 4) is 0 Å². The average Bonchev–Trinajstić information content (AvgIpc) is 2.97. The molecule has 0 radical (unpaired) electrons. The van der Waals surface area contributed by atoms with Gasteiger partial charge in [-0.15, -0.1) is 11.3 Å². The molecule has 2 heterocycles. The van der Waals surface area contributed by atoms with Gasteiger partial charge in [0.15, 0.2) is 5.01 Å². The van der Waals surface area contributed by atoms with Gasteiger partial charge in [-0.25, -0.2) is 4.98 Å². The SMILES string of the molecule is CCn1nc(C)cc1C(NC)c1cnc(C(F)(F)F)s1. The number of rotatable bonds is 4. The van der Waals surface area contributed by atoms with Gasteiger partial charge in [0.2, 0.25) is 0 Å². The maximum Gasteiger partial charge on any atom is 0.443 e. The molecule has 110 valence electrons. The fourth-order valence-corrected chi connectivity index (χ4v) is 2.94. The summed E-state index contributed by atoms with van der Waals surface area (Å²) >= 11 is 0.656. The van der Waals surface area contributed by atoms with Gasteiger partial charge in [-0.1, -0.05) is 0 Å². The van der Waals surface area contributed by atoms with E-state index in [0.717, 1.165) is 11.4 Å². The number of hydrogen-bond donors (Lipinski definition) is 1. The zero-order chi connectivity index (χ0) is 14.9. The monoisotopic (exact) mass is 304 g/mol. The Morgan fingerprint density at radius 2 is 2.15 bits per heavy atom. The van der Waals surface area contributed by atoms with Crippen molar-refractivity contribution in [3.05, 3.63) is 33.5 Å². The molecule has 1 unspecified atom stereocenters. The largest absolute Gasteiger partial charge is 0.443 e. The maximum atomic E-state index is 12.6. The van der Waals surface area contributed by atoms with E-state index in [-0.39, 0.29) is 6.04 Å². The molecule has 2 aromatic heterocycles. The number of aromatic nitrogens is 3. The summed E-state index contributed by atoms with van der Waals surface area (Å²) in [4.78, 5) is 3.99. The standard InChI is InChI=1S/C12H15F3N4S/c1-4-19-8(5-7(2)18-19)10(16-3)9-6-17-11(20-9)12(13,14)15/h5-6,10,16H,4H2,1-3H3. The van der Waals surface area contributed by atoms with E-state index in [0.29, 0.717) is 22.8 Å². The highest BCUT2D eigenvalue weighted by Gasteiger charge is 2.35. The Hall–Kier alpha value is -1.41. The normalized spacial score (nSPS) is 13.7. The molecule has 0 saturated heterocycles. The molecule has 20 heavy (non-hydrogen) atoms. The van der Waals surface area contributed by atoms with Crippen LogP contribution in [0, 0.1) is 6.92 Å². The van der Waals surface area contributed by atoms with Crippen molar-refractivity contribution >= 4 is 11.3 Å². The van der Waals surface area contributed by atoms with E-state index >= 15 is 0 Å². The molecule has 2 aromatic rings. The first-order valence-corrected chi connectivity index (χ1v) is 6.93. The third kappa shape index (κ3) is 2.85. The Bertz CT molecular complexity index is 588. The molecule has 2 rings (SSSR count). The first-order chi connectivity index (χ1) is 9.36. The van der Waals surface area contributed by atoms with Crippen LogP contribution in [0.2, 0.25) is 0 Å². The van der Waals surface area contributed by atoms with E-state index in [9.17, 15) is 13.2 Å². The summed E-state index contributed by atoms with van der Waals surface area (Å²) in [6.07, 6.45) is -3.13. The number of halogens is 3. The fraction of sp³-hybridized carbons (Fsp3) is 0.500. The van der Waals surface area contributed by atoms with Gasteiger partial charge in [-0.3, -0.25) is 4.68 Å². The van der Waals surface area contributed by atoms with E-state index in [2.05, 4.69) is 15.4 Å². The highest BCUT2D eigenvalue weighted by Crippen LogP contribution is 2.35. The maximum absolute atomic E-state index is 12.6. The second-order valence-corrected chi connectivity index (χ2v) is 5.38. The van der Waals surface area contributed by atoms with E-state index < -0.39 is 11.2 Å². The van der Waals surface area contributed by atoms with Crippen LogP contribution in [-0.2, 0) is 12.7 Å². The lowest BCUT2D eigenvalue weighted by atomic mass is 10.1. The van der Waals surface area contributed by atoms with Gasteiger partial charge < -0.3 is 5.32 Å². The molecule has 0 bridgehead atoms. The highest BCUT2D eigenvalue weighted by molar-refractivity contribution is 7.11. The quantitative estimate of drug-likeness (QED) is 0.944. The van der Waals surface area contributed by atoms with Gasteiger partial charge in [0.1, 0.15) is 0 Å². The van der Waals surface area contributed by atoms with Crippen LogP contribution in [0.4, 0.5) is 13.2 Å². The van der Waals surface area contributed by atoms with Crippen LogP contribution in [0.3, 0.4) is 0 Å². The molecule has 8 heteroatoms. The van der Waals surface area contributed by atoms with E-state index in [4.69, 9.17) is 0 Å². The number of alkyl halides is 3. The third-order valence-corrected chi connectivity index (χ3v) is 3.97. The summed E-state index contributed by atoms with van der Waals surface area (Å²) in [5.74, 6) is 0. The lowest BCUT2D eigenvalue weighted by Crippen LogP contribution is -2.20. The highest BCUT2D eigenvalue weighted by atomic mass is 32.1. The van der Waals surface area contributed by atoms with Crippen LogP contribution in [0.1, 0.15) is 34.2 Å². The predicted octanol–water partition coefficient (Wildman–Crippen LogP) is 3.00. The molecule has 0 aliphatic carbocycles. The molecule has 0 aromatic carbocycles. The van der Waals surface area contributed by atoms with Gasteiger partial charge in [-0.05, 0) is 27.0 Å². The molecular formula is C12H15F3N4S. The van der Waals surface area contributed by atoms with E-state index in [1.165, 1.54) is 6.20 Å². The second-order valence-electron chi connectivity index (χ2n) is 4.31. The molecule has 0 fully saturated rings. The predicted molar refractivity (Wildman–Crippen MR) is 70.7 cm³/mol. The molecule has 0 saturated carbocycles. The van der Waals surface area contributed by atoms with Crippen molar-refractivity contribution in [2.75, 3.05) is 7.05 Å². The Kier molecular flexibility index (Phi) is 4.14. The molecule has 1 atom stereocenters. The fourth-order valence-electron chi connectivity index (χ4n) is 2.04. The number of aryl methyl sites for hydroxylation is 2. The minimum absolute atomic E-state index is 0.343. The Labute approximate surface area is 118 Å². The molecule has 0 aliphatic rings. The Morgan fingerprint density at radius 3 is 2.65 bits per heavy atom. The zero-order valence-electron chi connectivity index (χ0n) is 11.3. The average molecular weight is 304 g/mol. The van der Waals surface area contributed by atoms with Crippen molar-refractivity contribution in [2.24, 2.45) is 0 Å². The number of hydrogen-bond acceptors (Lipinski definition) is 4. The first kappa shape index (κ1) is 15.0. The van der Waals surface area contributed by atoms with Gasteiger partial charge >= 0.3 is 6.18 Å². The van der Waals surface area contributed by atoms with Crippen molar-refractivity contribution in [1.82, 2.24) is 20.1 Å². The lowest BCUT2D eigenvalue weighted by Gasteiger charge is -2.15. The lowest BCUT2D eigenvalue weighted by molar-refractivity contribution is -0.137. The number of nitrogens with one attached hydrogen (secondary N) is 1. The van der Waals surface area contributed by atoms with Crippen LogP contribution < -0.4 is 5.32 Å². The Morgan fingerprint density at radius 1 is 1.45 bits per heavy atom. The van der Waals surface area contributed by atoms with Gasteiger partial charge in [0.05, 0.1) is 17.4 Å². The Balaban J connectivity index is 2.39. The van der Waals surface area contributed by atoms with Crippen molar-refractivity contribution in [1.29, 1.82) is 0 Å².